The monoisotopic (exact) mass is 248 g/mol. The molecule has 1 aliphatic heterocycles. The van der Waals surface area contributed by atoms with Crippen LogP contribution in [0.4, 0.5) is 0 Å². The number of fused-ring (bicyclic) bond motifs is 2. The summed E-state index contributed by atoms with van der Waals surface area (Å²) in [5.41, 5.74) is 1.27. The van der Waals surface area contributed by atoms with Crippen LogP contribution in [0.3, 0.4) is 0 Å². The molecule has 2 rings (SSSR count). The molecule has 7 heteroatoms. The maximum atomic E-state index is 11.4. The maximum absolute atomic E-state index is 11.4. The van der Waals surface area contributed by atoms with Crippen LogP contribution in [0.2, 0.25) is 0 Å². The van der Waals surface area contributed by atoms with Gasteiger partial charge in [0.15, 0.2) is 0 Å². The van der Waals surface area contributed by atoms with Crippen LogP contribution in [0.5, 0.6) is 0 Å². The van der Waals surface area contributed by atoms with Crippen LogP contribution < -0.4 is 0 Å². The lowest BCUT2D eigenvalue weighted by Crippen LogP contribution is -2.00. The largest absolute Gasteiger partial charge is 0.339 e. The van der Waals surface area contributed by atoms with Crippen LogP contribution in [-0.2, 0) is 25.8 Å². The summed E-state index contributed by atoms with van der Waals surface area (Å²) in [4.78, 5) is 18.7. The highest BCUT2D eigenvalue weighted by atomic mass is 31.3. The SMILES string of the molecule is O=P1(O)Cc2cccc(c2)CP(=O)(O)O1. The molecule has 0 fully saturated rings. The Morgan fingerprint density at radius 1 is 1.07 bits per heavy atom. The molecule has 15 heavy (non-hydrogen) atoms. The second kappa shape index (κ2) is 3.55. The molecule has 2 bridgehead atoms. The van der Waals surface area contributed by atoms with Crippen molar-refractivity contribution in [1.82, 2.24) is 0 Å². The van der Waals surface area contributed by atoms with E-state index in [-0.39, 0.29) is 12.3 Å². The van der Waals surface area contributed by atoms with E-state index in [0.29, 0.717) is 11.1 Å². The average Bonchev–Trinajstić information content (AvgIpc) is 1.97. The predicted molar refractivity (Wildman–Crippen MR) is 54.6 cm³/mol. The van der Waals surface area contributed by atoms with E-state index in [9.17, 15) is 18.9 Å². The molecule has 1 aliphatic rings. The number of rotatable bonds is 0. The molecule has 82 valence electrons. The van der Waals surface area contributed by atoms with Crippen molar-refractivity contribution in [2.45, 2.75) is 12.3 Å². The minimum atomic E-state index is -4.00. The van der Waals surface area contributed by atoms with E-state index in [1.165, 1.54) is 0 Å². The molecule has 2 atom stereocenters. The molecule has 0 amide bonds. The first-order valence-electron chi connectivity index (χ1n) is 4.29. The van der Waals surface area contributed by atoms with Gasteiger partial charge >= 0.3 is 15.2 Å². The summed E-state index contributed by atoms with van der Waals surface area (Å²) in [5.74, 6) is 0. The minimum absolute atomic E-state index is 0.231. The number of benzene rings is 1. The molecule has 1 heterocycles. The molecule has 2 unspecified atom stereocenters. The average molecular weight is 248 g/mol. The highest BCUT2D eigenvalue weighted by molar-refractivity contribution is 7.65. The van der Waals surface area contributed by atoms with Crippen molar-refractivity contribution < 1.29 is 23.2 Å². The third kappa shape index (κ3) is 2.77. The van der Waals surface area contributed by atoms with Crippen molar-refractivity contribution in [3.63, 3.8) is 0 Å². The molecule has 0 saturated heterocycles. The van der Waals surface area contributed by atoms with Gasteiger partial charge in [0.25, 0.3) is 0 Å². The first-order chi connectivity index (χ1) is 6.86. The second-order valence-corrected chi connectivity index (χ2v) is 7.33. The van der Waals surface area contributed by atoms with Gasteiger partial charge in [-0.2, -0.15) is 0 Å². The Balaban J connectivity index is 2.51. The van der Waals surface area contributed by atoms with E-state index in [1.54, 1.807) is 24.3 Å². The molecular formula is C8H10O5P2. The maximum Gasteiger partial charge on any atom is 0.339 e. The quantitative estimate of drug-likeness (QED) is 0.686. The molecule has 0 spiro atoms. The second-order valence-electron chi connectivity index (χ2n) is 3.49. The van der Waals surface area contributed by atoms with Gasteiger partial charge in [-0.05, 0) is 11.1 Å². The molecule has 5 nitrogen and oxygen atoms in total. The first kappa shape index (κ1) is 11.1. The van der Waals surface area contributed by atoms with Crippen molar-refractivity contribution in [3.8, 4) is 0 Å². The lowest BCUT2D eigenvalue weighted by molar-refractivity contribution is 0.329. The van der Waals surface area contributed by atoms with Crippen molar-refractivity contribution in [2.75, 3.05) is 0 Å². The van der Waals surface area contributed by atoms with Gasteiger partial charge in [-0.25, -0.2) is 4.31 Å². The number of hydrogen-bond donors (Lipinski definition) is 2. The fourth-order valence-corrected chi connectivity index (χ4v) is 4.92. The lowest BCUT2D eigenvalue weighted by Gasteiger charge is -2.20. The van der Waals surface area contributed by atoms with Crippen LogP contribution in [0.1, 0.15) is 11.1 Å². The Labute approximate surface area is 86.8 Å². The molecule has 0 aromatic heterocycles. The third-order valence-corrected chi connectivity index (χ3v) is 5.58. The predicted octanol–water partition coefficient (Wildman–Crippen LogP) is 2.09. The molecule has 1 aromatic rings. The zero-order valence-corrected chi connectivity index (χ0v) is 9.53. The highest BCUT2D eigenvalue weighted by Gasteiger charge is 2.34. The zero-order chi connectivity index (χ0) is 11.1. The first-order valence-corrected chi connectivity index (χ1v) is 7.82. The standard InChI is InChI=1S/C8H10O5P2/c9-14(10)5-7-2-1-3-8(4-7)6-15(11,12)13-14/h1-4H,5-6H2,(H,9,10)(H,11,12). The van der Waals surface area contributed by atoms with Gasteiger partial charge in [0, 0.05) is 0 Å². The van der Waals surface area contributed by atoms with Crippen LogP contribution in [0, 0.1) is 0 Å². The van der Waals surface area contributed by atoms with E-state index in [2.05, 4.69) is 4.31 Å². The van der Waals surface area contributed by atoms with Gasteiger partial charge in [-0.3, -0.25) is 9.13 Å². The highest BCUT2D eigenvalue weighted by Crippen LogP contribution is 2.63. The fourth-order valence-electron chi connectivity index (χ4n) is 1.54. The third-order valence-electron chi connectivity index (χ3n) is 2.01. The lowest BCUT2D eigenvalue weighted by atomic mass is 10.2. The summed E-state index contributed by atoms with van der Waals surface area (Å²) in [6.07, 6.45) is -0.462. The van der Waals surface area contributed by atoms with Gasteiger partial charge in [0.05, 0.1) is 12.3 Å². The van der Waals surface area contributed by atoms with Crippen LogP contribution in [0.25, 0.3) is 0 Å². The van der Waals surface area contributed by atoms with E-state index in [0.717, 1.165) is 0 Å². The van der Waals surface area contributed by atoms with Gasteiger partial charge in [0.1, 0.15) is 0 Å². The fraction of sp³-hybridized carbons (Fsp3) is 0.250. The van der Waals surface area contributed by atoms with E-state index < -0.39 is 15.2 Å². The molecule has 0 saturated carbocycles. The minimum Gasteiger partial charge on any atom is -0.324 e. The van der Waals surface area contributed by atoms with Gasteiger partial charge in [-0.1, -0.05) is 24.3 Å². The summed E-state index contributed by atoms with van der Waals surface area (Å²) in [5, 5.41) is 0. The van der Waals surface area contributed by atoms with Crippen molar-refractivity contribution >= 4 is 15.2 Å². The molecule has 1 aromatic carbocycles. The van der Waals surface area contributed by atoms with E-state index in [4.69, 9.17) is 0 Å². The summed E-state index contributed by atoms with van der Waals surface area (Å²) < 4.78 is 27.3. The van der Waals surface area contributed by atoms with Crippen LogP contribution >= 0.6 is 15.2 Å². The molecule has 0 aliphatic carbocycles. The normalized spacial score (nSPS) is 35.6. The van der Waals surface area contributed by atoms with Gasteiger partial charge < -0.3 is 9.79 Å². The smallest absolute Gasteiger partial charge is 0.324 e. The van der Waals surface area contributed by atoms with Gasteiger partial charge in [0.2, 0.25) is 0 Å². The van der Waals surface area contributed by atoms with E-state index in [1.807, 2.05) is 0 Å². The van der Waals surface area contributed by atoms with Crippen molar-refractivity contribution in [2.24, 2.45) is 0 Å². The van der Waals surface area contributed by atoms with Crippen LogP contribution in [-0.4, -0.2) is 9.79 Å². The Morgan fingerprint density at radius 2 is 1.53 bits per heavy atom. The van der Waals surface area contributed by atoms with Crippen molar-refractivity contribution in [1.29, 1.82) is 0 Å². The van der Waals surface area contributed by atoms with E-state index >= 15 is 0 Å². The summed E-state index contributed by atoms with van der Waals surface area (Å²) in [6.45, 7) is 0. The molecular weight excluding hydrogens is 238 g/mol. The zero-order valence-electron chi connectivity index (χ0n) is 7.74. The Kier molecular flexibility index (Phi) is 2.61. The Bertz CT molecular complexity index is 444. The topological polar surface area (TPSA) is 83.8 Å². The van der Waals surface area contributed by atoms with Gasteiger partial charge in [-0.15, -0.1) is 0 Å². The number of hydrogen-bond acceptors (Lipinski definition) is 3. The Hall–Kier alpha value is -0.440. The summed E-state index contributed by atoms with van der Waals surface area (Å²) in [6, 6.07) is 6.71. The Morgan fingerprint density at radius 3 is 2.00 bits per heavy atom. The molecule has 2 N–H and O–H groups in total. The summed E-state index contributed by atoms with van der Waals surface area (Å²) >= 11 is 0. The van der Waals surface area contributed by atoms with Crippen molar-refractivity contribution in [3.05, 3.63) is 35.4 Å². The summed E-state index contributed by atoms with van der Waals surface area (Å²) in [7, 11) is -8.01. The molecule has 0 radical (unpaired) electrons. The van der Waals surface area contributed by atoms with Crippen LogP contribution in [0.15, 0.2) is 24.3 Å².